The summed E-state index contributed by atoms with van der Waals surface area (Å²) in [5.41, 5.74) is 2.03. The fourth-order valence-corrected chi connectivity index (χ4v) is 8.20. The molecule has 1 aromatic carbocycles. The zero-order chi connectivity index (χ0) is 42.0. The molecule has 2 aliphatic heterocycles. The van der Waals surface area contributed by atoms with Gasteiger partial charge in [-0.1, -0.05) is 31.4 Å². The molecule has 18 heteroatoms. The maximum Gasteiger partial charge on any atom is 0.255 e. The van der Waals surface area contributed by atoms with Gasteiger partial charge in [0.25, 0.3) is 5.91 Å². The number of hydrogen-bond donors (Lipinski definition) is 5. The number of carbonyl (C=O) groups is 5. The highest BCUT2D eigenvalue weighted by Crippen LogP contribution is 2.39. The molecule has 1 unspecified atom stereocenters. The third-order valence-electron chi connectivity index (χ3n) is 10.7. The summed E-state index contributed by atoms with van der Waals surface area (Å²) in [7, 11) is 0. The van der Waals surface area contributed by atoms with E-state index in [1.807, 2.05) is 23.6 Å². The van der Waals surface area contributed by atoms with Crippen LogP contribution in [0.2, 0.25) is 0 Å². The number of anilines is 3. The van der Waals surface area contributed by atoms with Crippen molar-refractivity contribution in [2.75, 3.05) is 83.1 Å². The molecule has 5 N–H and O–H groups in total. The van der Waals surface area contributed by atoms with Gasteiger partial charge >= 0.3 is 0 Å². The molecule has 2 aromatic heterocycles. The second-order valence-electron chi connectivity index (χ2n) is 15.0. The van der Waals surface area contributed by atoms with Gasteiger partial charge in [-0.05, 0) is 43.5 Å². The molecular formula is C42H56N8O9S. The van der Waals surface area contributed by atoms with Gasteiger partial charge in [-0.3, -0.25) is 29.3 Å². The fraction of sp³-hybridized carbons (Fsp3) is 0.548. The van der Waals surface area contributed by atoms with Crippen LogP contribution in [0.5, 0.6) is 0 Å². The van der Waals surface area contributed by atoms with Crippen LogP contribution in [0.15, 0.2) is 48.0 Å². The van der Waals surface area contributed by atoms with Crippen molar-refractivity contribution in [1.82, 2.24) is 30.8 Å². The van der Waals surface area contributed by atoms with Crippen LogP contribution in [0.1, 0.15) is 73.0 Å². The quantitative estimate of drug-likeness (QED) is 0.0613. The van der Waals surface area contributed by atoms with E-state index in [1.165, 1.54) is 16.2 Å². The van der Waals surface area contributed by atoms with Gasteiger partial charge in [-0.15, -0.1) is 11.3 Å². The molecule has 3 aliphatic rings. The molecule has 6 rings (SSSR count). The van der Waals surface area contributed by atoms with Crippen LogP contribution in [-0.4, -0.2) is 123 Å². The van der Waals surface area contributed by atoms with Gasteiger partial charge in [0.1, 0.15) is 11.9 Å². The summed E-state index contributed by atoms with van der Waals surface area (Å²) in [4.78, 5) is 73.5. The maximum atomic E-state index is 13.5. The Morgan fingerprint density at radius 2 is 1.58 bits per heavy atom. The molecule has 0 bridgehead atoms. The highest BCUT2D eigenvalue weighted by Gasteiger charge is 2.41. The lowest BCUT2D eigenvalue weighted by molar-refractivity contribution is -0.137. The van der Waals surface area contributed by atoms with E-state index in [0.29, 0.717) is 89.1 Å². The summed E-state index contributed by atoms with van der Waals surface area (Å²) in [6.45, 7) is 5.21. The highest BCUT2D eigenvalue weighted by atomic mass is 32.1. The number of carbonyl (C=O) groups excluding carboxylic acids is 5. The Labute approximate surface area is 354 Å². The Balaban J connectivity index is 0.736. The lowest BCUT2D eigenvalue weighted by atomic mass is 9.70. The van der Waals surface area contributed by atoms with Crippen molar-refractivity contribution in [1.29, 1.82) is 0 Å². The van der Waals surface area contributed by atoms with Gasteiger partial charge in [-0.25, -0.2) is 9.97 Å². The van der Waals surface area contributed by atoms with Gasteiger partial charge in [0, 0.05) is 73.1 Å². The predicted octanol–water partition coefficient (Wildman–Crippen LogP) is 3.34. The number of hydrogen-bond acceptors (Lipinski definition) is 14. The molecule has 17 nitrogen and oxygen atoms in total. The minimum atomic E-state index is -0.722. The van der Waals surface area contributed by atoms with E-state index in [9.17, 15) is 24.0 Å². The van der Waals surface area contributed by atoms with Crippen LogP contribution in [-0.2, 0) is 51.1 Å². The number of pyridine rings is 1. The lowest BCUT2D eigenvalue weighted by Crippen LogP contribution is -2.52. The van der Waals surface area contributed by atoms with Crippen LogP contribution < -0.4 is 26.6 Å². The topological polar surface area (TPSA) is 211 Å². The van der Waals surface area contributed by atoms with E-state index in [1.54, 1.807) is 24.4 Å². The van der Waals surface area contributed by atoms with Gasteiger partial charge < -0.3 is 45.1 Å². The summed E-state index contributed by atoms with van der Waals surface area (Å²) >= 11 is 1.52. The number of piperidine rings is 1. The number of benzene rings is 1. The molecule has 2 fully saturated rings. The summed E-state index contributed by atoms with van der Waals surface area (Å²) in [5.74, 6) is -0.569. The summed E-state index contributed by atoms with van der Waals surface area (Å²) in [6, 6.07) is 10.2. The predicted molar refractivity (Wildman–Crippen MR) is 224 cm³/mol. The van der Waals surface area contributed by atoms with Crippen molar-refractivity contribution in [2.45, 2.75) is 70.4 Å². The van der Waals surface area contributed by atoms with Crippen molar-refractivity contribution in [3.63, 3.8) is 0 Å². The number of thiazole rings is 1. The Bertz CT molecular complexity index is 1890. The average molecular weight is 849 g/mol. The number of ether oxygens (including phenoxy) is 4. The molecule has 1 atom stereocenters. The maximum absolute atomic E-state index is 13.5. The van der Waals surface area contributed by atoms with Crippen molar-refractivity contribution in [3.05, 3.63) is 64.8 Å². The zero-order valence-electron chi connectivity index (χ0n) is 34.0. The van der Waals surface area contributed by atoms with E-state index in [4.69, 9.17) is 23.9 Å². The second kappa shape index (κ2) is 23.2. The van der Waals surface area contributed by atoms with Crippen molar-refractivity contribution >= 4 is 57.5 Å². The van der Waals surface area contributed by atoms with Crippen LogP contribution in [0.3, 0.4) is 0 Å². The molecule has 60 heavy (non-hydrogen) atoms. The molecule has 324 valence electrons. The lowest BCUT2D eigenvalue weighted by Gasteiger charge is -2.35. The monoisotopic (exact) mass is 848 g/mol. The molecule has 1 saturated carbocycles. The first-order valence-corrected chi connectivity index (χ1v) is 21.7. The van der Waals surface area contributed by atoms with Crippen molar-refractivity contribution < 1.29 is 42.9 Å². The third-order valence-corrected chi connectivity index (χ3v) is 11.4. The van der Waals surface area contributed by atoms with Gasteiger partial charge in [-0.2, -0.15) is 0 Å². The Hall–Kier alpha value is -4.85. The number of amides is 5. The largest absolute Gasteiger partial charge is 0.379 e. The number of nitrogens with one attached hydrogen (secondary N) is 5. The number of aromatic nitrogens is 2. The highest BCUT2D eigenvalue weighted by molar-refractivity contribution is 7.13. The molecule has 1 aliphatic carbocycles. The molecule has 1 saturated heterocycles. The average Bonchev–Trinajstić information content (AvgIpc) is 3.88. The first kappa shape index (κ1) is 44.7. The van der Waals surface area contributed by atoms with Crippen molar-refractivity contribution in [3.8, 4) is 0 Å². The van der Waals surface area contributed by atoms with Crippen molar-refractivity contribution in [2.24, 2.45) is 5.41 Å². The molecule has 0 spiro atoms. The minimum Gasteiger partial charge on any atom is -0.379 e. The molecule has 3 aromatic rings. The van der Waals surface area contributed by atoms with Crippen LogP contribution >= 0.6 is 11.3 Å². The molecule has 0 radical (unpaired) electrons. The van der Waals surface area contributed by atoms with E-state index < -0.39 is 17.4 Å². The van der Waals surface area contributed by atoms with Crippen LogP contribution in [0.25, 0.3) is 0 Å². The first-order chi connectivity index (χ1) is 29.3. The number of imide groups is 1. The van der Waals surface area contributed by atoms with E-state index in [0.717, 1.165) is 48.7 Å². The Morgan fingerprint density at radius 3 is 2.33 bits per heavy atom. The molecule has 4 heterocycles. The normalized spacial score (nSPS) is 17.3. The smallest absolute Gasteiger partial charge is 0.255 e. The molecular weight excluding hydrogens is 793 g/mol. The van der Waals surface area contributed by atoms with Gasteiger partial charge in [0.05, 0.1) is 64.7 Å². The summed E-state index contributed by atoms with van der Waals surface area (Å²) < 4.78 is 22.5. The van der Waals surface area contributed by atoms with Gasteiger partial charge in [0.15, 0.2) is 5.13 Å². The fourth-order valence-electron chi connectivity index (χ4n) is 7.66. The first-order valence-electron chi connectivity index (χ1n) is 20.8. The Morgan fingerprint density at radius 1 is 0.867 bits per heavy atom. The third kappa shape index (κ3) is 13.1. The minimum absolute atomic E-state index is 0.0786. The second-order valence-corrected chi connectivity index (χ2v) is 15.9. The summed E-state index contributed by atoms with van der Waals surface area (Å²) in [6.07, 6.45) is 7.83. The van der Waals surface area contributed by atoms with Crippen LogP contribution in [0.4, 0.5) is 16.6 Å². The number of fused-ring (bicyclic) bond motifs is 1. The van der Waals surface area contributed by atoms with E-state index >= 15 is 0 Å². The van der Waals surface area contributed by atoms with Gasteiger partial charge in [0.2, 0.25) is 23.6 Å². The number of rotatable bonds is 25. The van der Waals surface area contributed by atoms with E-state index in [-0.39, 0.29) is 56.0 Å². The molecule has 5 amide bonds. The SMILES string of the molecule is O=C1CCC(N2Cc3c(NC(=O)CCOCCOCCOCCNCCOCCNC(=O)C4(Cc5cccc(Nc6nccs6)n5)CCCCC4)cccc3C2=O)C(=O)N1. The standard InChI is InChI=1S/C42H56N8O9S/c51-36-11-10-34(38(53)49-36)50-29-32-31(39(50)54)7-5-8-33(32)47-37(52)12-19-56-23-25-59-26-24-58-21-16-43-15-20-57-22-17-44-40(55)42(13-2-1-3-14-42)28-30-6-4-9-35(46-30)48-41-45-18-27-60-41/h4-9,18,27,34,43H,1-3,10-17,19-26,28-29H2,(H,44,55)(H,47,52)(H,45,46,48)(H,49,51,53). The van der Waals surface area contributed by atoms with E-state index in [2.05, 4.69) is 31.6 Å². The zero-order valence-corrected chi connectivity index (χ0v) is 34.8. The Kier molecular flexibility index (Phi) is 17.3. The summed E-state index contributed by atoms with van der Waals surface area (Å²) in [5, 5.41) is 17.5. The van der Waals surface area contributed by atoms with Crippen LogP contribution in [0, 0.1) is 5.41 Å². The number of nitrogens with zero attached hydrogens (tertiary/aromatic N) is 3.